The van der Waals surface area contributed by atoms with Crippen LogP contribution in [-0.2, 0) is 11.3 Å². The van der Waals surface area contributed by atoms with Gasteiger partial charge in [-0.3, -0.25) is 4.79 Å². The standard InChI is InChI=1S/C18H18O5/c1-13(20)16-4-2-3-5-17(16)22-10-11-23-18(21)15-8-6-14(12-19)7-9-15/h2-9,19H,10-12H2,1H3. The molecule has 0 heterocycles. The Hall–Kier alpha value is -2.66. The molecule has 0 aromatic heterocycles. The van der Waals surface area contributed by atoms with Crippen LogP contribution in [-0.4, -0.2) is 30.1 Å². The quantitative estimate of drug-likeness (QED) is 0.483. The van der Waals surface area contributed by atoms with Crippen molar-refractivity contribution in [2.45, 2.75) is 13.5 Å². The Morgan fingerprint density at radius 2 is 1.70 bits per heavy atom. The second-order valence-corrected chi connectivity index (χ2v) is 4.89. The maximum absolute atomic E-state index is 11.8. The number of hydrogen-bond acceptors (Lipinski definition) is 5. The highest BCUT2D eigenvalue weighted by atomic mass is 16.6. The van der Waals surface area contributed by atoms with Crippen molar-refractivity contribution in [2.24, 2.45) is 0 Å². The van der Waals surface area contributed by atoms with Gasteiger partial charge in [0.1, 0.15) is 19.0 Å². The van der Waals surface area contributed by atoms with Crippen LogP contribution in [0, 0.1) is 0 Å². The lowest BCUT2D eigenvalue weighted by Crippen LogP contribution is -2.13. The van der Waals surface area contributed by atoms with Crippen molar-refractivity contribution < 1.29 is 24.2 Å². The van der Waals surface area contributed by atoms with E-state index in [0.29, 0.717) is 16.9 Å². The Morgan fingerprint density at radius 1 is 1.00 bits per heavy atom. The van der Waals surface area contributed by atoms with Crippen LogP contribution in [0.25, 0.3) is 0 Å². The van der Waals surface area contributed by atoms with E-state index in [0.717, 1.165) is 5.56 Å². The summed E-state index contributed by atoms with van der Waals surface area (Å²) in [5.41, 5.74) is 1.63. The molecule has 120 valence electrons. The average Bonchev–Trinajstić information content (AvgIpc) is 2.58. The van der Waals surface area contributed by atoms with Crippen molar-refractivity contribution in [3.63, 3.8) is 0 Å². The molecule has 2 aromatic rings. The van der Waals surface area contributed by atoms with Crippen LogP contribution >= 0.6 is 0 Å². The van der Waals surface area contributed by atoms with Crippen LogP contribution in [0.2, 0.25) is 0 Å². The van der Waals surface area contributed by atoms with Crippen LogP contribution in [0.15, 0.2) is 48.5 Å². The summed E-state index contributed by atoms with van der Waals surface area (Å²) in [6.07, 6.45) is 0. The van der Waals surface area contributed by atoms with Crippen LogP contribution in [0.4, 0.5) is 0 Å². The zero-order valence-electron chi connectivity index (χ0n) is 12.8. The molecule has 0 atom stereocenters. The Morgan fingerprint density at radius 3 is 2.35 bits per heavy atom. The molecule has 0 saturated heterocycles. The molecule has 23 heavy (non-hydrogen) atoms. The minimum atomic E-state index is -0.460. The van der Waals surface area contributed by atoms with Gasteiger partial charge in [-0.2, -0.15) is 0 Å². The third kappa shape index (κ3) is 4.66. The van der Waals surface area contributed by atoms with E-state index in [9.17, 15) is 9.59 Å². The van der Waals surface area contributed by atoms with Crippen LogP contribution < -0.4 is 4.74 Å². The van der Waals surface area contributed by atoms with Crippen molar-refractivity contribution in [1.82, 2.24) is 0 Å². The minimum absolute atomic E-state index is 0.0707. The van der Waals surface area contributed by atoms with E-state index in [4.69, 9.17) is 14.6 Å². The molecule has 2 aromatic carbocycles. The number of para-hydroxylation sites is 1. The van der Waals surface area contributed by atoms with Gasteiger partial charge in [-0.15, -0.1) is 0 Å². The predicted molar refractivity (Wildman–Crippen MR) is 84.6 cm³/mol. The number of carbonyl (C=O) groups is 2. The van der Waals surface area contributed by atoms with Gasteiger partial charge in [0.2, 0.25) is 0 Å². The van der Waals surface area contributed by atoms with Gasteiger partial charge >= 0.3 is 5.97 Å². The monoisotopic (exact) mass is 314 g/mol. The van der Waals surface area contributed by atoms with Gasteiger partial charge in [0, 0.05) is 0 Å². The molecule has 0 bridgehead atoms. The van der Waals surface area contributed by atoms with Crippen molar-refractivity contribution in [1.29, 1.82) is 0 Å². The Bertz CT molecular complexity index is 676. The molecule has 0 aliphatic rings. The fourth-order valence-corrected chi connectivity index (χ4v) is 2.00. The lowest BCUT2D eigenvalue weighted by Gasteiger charge is -2.10. The zero-order chi connectivity index (χ0) is 16.7. The summed E-state index contributed by atoms with van der Waals surface area (Å²) in [5, 5.41) is 8.95. The van der Waals surface area contributed by atoms with Crippen LogP contribution in [0.1, 0.15) is 33.2 Å². The summed E-state index contributed by atoms with van der Waals surface area (Å²) in [6, 6.07) is 13.4. The van der Waals surface area contributed by atoms with Gasteiger partial charge in [0.25, 0.3) is 0 Å². The molecule has 0 saturated carbocycles. The van der Waals surface area contributed by atoms with E-state index < -0.39 is 5.97 Å². The highest BCUT2D eigenvalue weighted by Gasteiger charge is 2.09. The van der Waals surface area contributed by atoms with Crippen LogP contribution in [0.3, 0.4) is 0 Å². The number of aliphatic hydroxyl groups excluding tert-OH is 1. The highest BCUT2D eigenvalue weighted by Crippen LogP contribution is 2.18. The molecule has 0 amide bonds. The van der Waals surface area contributed by atoms with Crippen LogP contribution in [0.5, 0.6) is 5.75 Å². The molecular weight excluding hydrogens is 296 g/mol. The maximum Gasteiger partial charge on any atom is 0.338 e. The SMILES string of the molecule is CC(=O)c1ccccc1OCCOC(=O)c1ccc(CO)cc1. The number of rotatable bonds is 7. The van der Waals surface area contributed by atoms with E-state index in [-0.39, 0.29) is 25.6 Å². The number of esters is 1. The number of aliphatic hydroxyl groups is 1. The number of benzene rings is 2. The summed E-state index contributed by atoms with van der Waals surface area (Å²) in [4.78, 5) is 23.3. The van der Waals surface area contributed by atoms with Crippen molar-refractivity contribution >= 4 is 11.8 Å². The minimum Gasteiger partial charge on any atom is -0.489 e. The fourth-order valence-electron chi connectivity index (χ4n) is 2.00. The summed E-state index contributed by atoms with van der Waals surface area (Å²) < 4.78 is 10.6. The maximum atomic E-state index is 11.8. The zero-order valence-corrected chi connectivity index (χ0v) is 12.8. The van der Waals surface area contributed by atoms with E-state index in [1.807, 2.05) is 0 Å². The molecule has 5 nitrogen and oxygen atoms in total. The molecule has 2 rings (SSSR count). The molecule has 0 radical (unpaired) electrons. The van der Waals surface area contributed by atoms with Crippen molar-refractivity contribution in [3.8, 4) is 5.75 Å². The third-order valence-corrected chi connectivity index (χ3v) is 3.21. The first kappa shape index (κ1) is 16.7. The van der Waals surface area contributed by atoms with Gasteiger partial charge in [-0.25, -0.2) is 4.79 Å². The summed E-state index contributed by atoms with van der Waals surface area (Å²) in [5.74, 6) is -0.0668. The largest absolute Gasteiger partial charge is 0.489 e. The molecule has 0 fully saturated rings. The van der Waals surface area contributed by atoms with E-state index >= 15 is 0 Å². The van der Waals surface area contributed by atoms with Gasteiger partial charge in [-0.1, -0.05) is 24.3 Å². The Labute approximate surface area is 134 Å². The van der Waals surface area contributed by atoms with E-state index in [1.54, 1.807) is 48.5 Å². The van der Waals surface area contributed by atoms with Crippen molar-refractivity contribution in [3.05, 3.63) is 65.2 Å². The molecule has 0 unspecified atom stereocenters. The lowest BCUT2D eigenvalue weighted by atomic mass is 10.1. The predicted octanol–water partition coefficient (Wildman–Crippen LogP) is 2.62. The molecule has 1 N–H and O–H groups in total. The first-order valence-electron chi connectivity index (χ1n) is 7.21. The number of ether oxygens (including phenoxy) is 2. The fraction of sp³-hybridized carbons (Fsp3) is 0.222. The highest BCUT2D eigenvalue weighted by molar-refractivity contribution is 5.96. The Balaban J connectivity index is 1.83. The lowest BCUT2D eigenvalue weighted by molar-refractivity contribution is 0.0449. The molecule has 0 aliphatic heterocycles. The summed E-state index contributed by atoms with van der Waals surface area (Å²) >= 11 is 0. The third-order valence-electron chi connectivity index (χ3n) is 3.21. The molecule has 0 spiro atoms. The number of carbonyl (C=O) groups excluding carboxylic acids is 2. The average molecular weight is 314 g/mol. The topological polar surface area (TPSA) is 72.8 Å². The molecule has 0 aliphatic carbocycles. The van der Waals surface area contributed by atoms with Crippen molar-refractivity contribution in [2.75, 3.05) is 13.2 Å². The van der Waals surface area contributed by atoms with E-state index in [1.165, 1.54) is 6.92 Å². The summed E-state index contributed by atoms with van der Waals surface area (Å²) in [6.45, 7) is 1.63. The Kier molecular flexibility index (Phi) is 5.88. The molecule has 5 heteroatoms. The number of hydrogen-bond donors (Lipinski definition) is 1. The second kappa shape index (κ2) is 8.10. The first-order valence-corrected chi connectivity index (χ1v) is 7.21. The molecular formula is C18H18O5. The van der Waals surface area contributed by atoms with Gasteiger partial charge in [0.05, 0.1) is 17.7 Å². The van der Waals surface area contributed by atoms with Gasteiger partial charge < -0.3 is 14.6 Å². The van der Waals surface area contributed by atoms with Gasteiger partial charge in [-0.05, 0) is 36.8 Å². The normalized spacial score (nSPS) is 10.2. The second-order valence-electron chi connectivity index (χ2n) is 4.89. The van der Waals surface area contributed by atoms with Gasteiger partial charge in [0.15, 0.2) is 5.78 Å². The number of Topliss-reactive ketones (excluding diaryl/α,β-unsaturated/α-hetero) is 1. The number of ketones is 1. The van der Waals surface area contributed by atoms with E-state index in [2.05, 4.69) is 0 Å². The smallest absolute Gasteiger partial charge is 0.338 e. The summed E-state index contributed by atoms with van der Waals surface area (Å²) in [7, 11) is 0. The first-order chi connectivity index (χ1) is 11.1.